The molecule has 6 nitrogen and oxygen atoms in total. The summed E-state index contributed by atoms with van der Waals surface area (Å²) in [6.45, 7) is 13.3. The number of ether oxygens (including phenoxy) is 4. The third kappa shape index (κ3) is 7.63. The van der Waals surface area contributed by atoms with Crippen LogP contribution in [-0.2, 0) is 23.8 Å². The van der Waals surface area contributed by atoms with E-state index in [9.17, 15) is 0 Å². The minimum Gasteiger partial charge on any atom is -0.350 e. The molecule has 8 heteroatoms. The van der Waals surface area contributed by atoms with E-state index in [1.165, 1.54) is 0 Å². The Morgan fingerprint density at radius 2 is 1.16 bits per heavy atom. The van der Waals surface area contributed by atoms with Gasteiger partial charge in [0.2, 0.25) is 0 Å². The molecule has 1 N–H and O–H groups in total. The van der Waals surface area contributed by atoms with Crippen LogP contribution in [0.15, 0.2) is 0 Å². The summed E-state index contributed by atoms with van der Waals surface area (Å²) in [6.07, 6.45) is 1.01. The van der Waals surface area contributed by atoms with Crippen molar-refractivity contribution in [3.05, 3.63) is 0 Å². The van der Waals surface area contributed by atoms with Gasteiger partial charge >= 0.3 is 0 Å². The third-order valence-corrected chi connectivity index (χ3v) is 8.76. The molecule has 0 aliphatic carbocycles. The lowest BCUT2D eigenvalue weighted by Crippen LogP contribution is -2.51. The molecule has 4 unspecified atom stereocenters. The van der Waals surface area contributed by atoms with E-state index < -0.39 is 16.7 Å². The number of nitrogens with one attached hydrogen (secondary N) is 1. The standard InChI is InChI=1S/C17H39NO5P2/c1-11-12-18-23-15(4,13(2)24-16(5,19-7)20-8)14(3)25-17(6,21-9)22-10/h13-14,18,24-25H,11-12H2,1-10H3. The molecule has 0 amide bonds. The number of hydroxylamine groups is 1. The summed E-state index contributed by atoms with van der Waals surface area (Å²) in [7, 11) is 7.52. The van der Waals surface area contributed by atoms with Crippen LogP contribution in [0, 0.1) is 0 Å². The van der Waals surface area contributed by atoms with E-state index in [0.717, 1.165) is 13.0 Å². The van der Waals surface area contributed by atoms with E-state index in [-0.39, 0.29) is 11.3 Å². The molecule has 0 aromatic carbocycles. The molecular formula is C17H39NO5P2. The summed E-state index contributed by atoms with van der Waals surface area (Å²) in [5.74, 6) is 0. The molecule has 0 aromatic rings. The molecule has 0 aliphatic heterocycles. The van der Waals surface area contributed by atoms with Crippen LogP contribution >= 0.6 is 17.2 Å². The lowest BCUT2D eigenvalue weighted by atomic mass is 9.99. The summed E-state index contributed by atoms with van der Waals surface area (Å²) in [4.78, 5) is 6.21. The van der Waals surface area contributed by atoms with Crippen molar-refractivity contribution in [2.24, 2.45) is 0 Å². The fourth-order valence-corrected chi connectivity index (χ4v) is 5.74. The molecule has 0 heterocycles. The van der Waals surface area contributed by atoms with Gasteiger partial charge in [-0.15, -0.1) is 0 Å². The van der Waals surface area contributed by atoms with Crippen LogP contribution < -0.4 is 5.48 Å². The normalized spacial score (nSPS) is 19.0. The number of methoxy groups -OCH3 is 4. The van der Waals surface area contributed by atoms with Crippen molar-refractivity contribution in [3.8, 4) is 0 Å². The van der Waals surface area contributed by atoms with E-state index in [0.29, 0.717) is 17.2 Å². The van der Waals surface area contributed by atoms with E-state index >= 15 is 0 Å². The Labute approximate surface area is 157 Å². The highest BCUT2D eigenvalue weighted by Crippen LogP contribution is 2.49. The van der Waals surface area contributed by atoms with E-state index in [1.807, 2.05) is 13.8 Å². The molecule has 4 atom stereocenters. The maximum atomic E-state index is 6.21. The van der Waals surface area contributed by atoms with Crippen LogP contribution in [0.25, 0.3) is 0 Å². The van der Waals surface area contributed by atoms with Crippen LogP contribution in [0.3, 0.4) is 0 Å². The minimum atomic E-state index is -0.622. The summed E-state index contributed by atoms with van der Waals surface area (Å²) >= 11 is 0. The van der Waals surface area contributed by atoms with Gasteiger partial charge in [0.25, 0.3) is 0 Å². The predicted octanol–water partition coefficient (Wildman–Crippen LogP) is 3.74. The average molecular weight is 399 g/mol. The van der Waals surface area contributed by atoms with Crippen molar-refractivity contribution in [3.63, 3.8) is 0 Å². The van der Waals surface area contributed by atoms with Crippen molar-refractivity contribution in [2.75, 3.05) is 35.0 Å². The van der Waals surface area contributed by atoms with Gasteiger partial charge in [-0.05, 0) is 27.2 Å². The Kier molecular flexibility index (Phi) is 11.7. The van der Waals surface area contributed by atoms with Crippen molar-refractivity contribution in [1.82, 2.24) is 5.48 Å². The fraction of sp³-hybridized carbons (Fsp3) is 1.00. The topological polar surface area (TPSA) is 58.2 Å². The van der Waals surface area contributed by atoms with Gasteiger partial charge in [-0.2, -0.15) is 0 Å². The highest BCUT2D eigenvalue weighted by molar-refractivity contribution is 7.41. The zero-order valence-corrected chi connectivity index (χ0v) is 19.6. The molecular weight excluding hydrogens is 360 g/mol. The van der Waals surface area contributed by atoms with Gasteiger partial charge in [0.1, 0.15) is 0 Å². The van der Waals surface area contributed by atoms with Gasteiger partial charge in [-0.25, -0.2) is 5.48 Å². The first-order chi connectivity index (χ1) is 11.6. The van der Waals surface area contributed by atoms with Gasteiger partial charge in [0, 0.05) is 46.3 Å². The first-order valence-corrected chi connectivity index (χ1v) is 10.9. The lowest BCUT2D eigenvalue weighted by Gasteiger charge is -2.44. The Bertz CT molecular complexity index is 339. The maximum Gasteiger partial charge on any atom is 0.180 e. The Morgan fingerprint density at radius 3 is 1.44 bits per heavy atom. The van der Waals surface area contributed by atoms with Gasteiger partial charge in [0.05, 0.1) is 5.60 Å². The highest BCUT2D eigenvalue weighted by atomic mass is 31.1. The molecule has 0 aliphatic rings. The Morgan fingerprint density at radius 1 is 0.800 bits per heavy atom. The molecule has 0 saturated heterocycles. The van der Waals surface area contributed by atoms with Crippen molar-refractivity contribution in [1.29, 1.82) is 0 Å². The van der Waals surface area contributed by atoms with Crippen molar-refractivity contribution < 1.29 is 23.8 Å². The van der Waals surface area contributed by atoms with Crippen LogP contribution in [0.1, 0.15) is 48.0 Å². The van der Waals surface area contributed by atoms with Crippen LogP contribution in [-0.4, -0.2) is 63.0 Å². The first-order valence-electron chi connectivity index (χ1n) is 8.73. The van der Waals surface area contributed by atoms with E-state index in [1.54, 1.807) is 28.4 Å². The molecule has 0 rings (SSSR count). The van der Waals surface area contributed by atoms with Crippen molar-refractivity contribution >= 4 is 17.2 Å². The van der Waals surface area contributed by atoms with E-state index in [2.05, 4.69) is 33.2 Å². The minimum absolute atomic E-state index is 0.196. The number of hydrogen-bond donors (Lipinski definition) is 1. The van der Waals surface area contributed by atoms with E-state index in [4.69, 9.17) is 23.8 Å². The SMILES string of the molecule is CCCNOC(C)(C(C)PC(C)(OC)OC)C(C)PC(C)(OC)OC. The van der Waals surface area contributed by atoms with Crippen LogP contribution in [0.4, 0.5) is 0 Å². The second kappa shape index (κ2) is 11.5. The largest absolute Gasteiger partial charge is 0.350 e. The molecule has 0 saturated carbocycles. The van der Waals surface area contributed by atoms with Gasteiger partial charge < -0.3 is 18.9 Å². The zero-order valence-electron chi connectivity index (χ0n) is 17.6. The predicted molar refractivity (Wildman–Crippen MR) is 108 cm³/mol. The quantitative estimate of drug-likeness (QED) is 0.208. The number of rotatable bonds is 14. The monoisotopic (exact) mass is 399 g/mol. The van der Waals surface area contributed by atoms with Crippen LogP contribution in [0.5, 0.6) is 0 Å². The molecule has 0 fully saturated rings. The summed E-state index contributed by atoms with van der Waals surface area (Å²) in [6, 6.07) is 0. The third-order valence-electron chi connectivity index (χ3n) is 4.88. The Balaban J connectivity index is 5.39. The highest BCUT2D eigenvalue weighted by Gasteiger charge is 2.45. The summed E-state index contributed by atoms with van der Waals surface area (Å²) in [5, 5.41) is 0. The van der Waals surface area contributed by atoms with Gasteiger partial charge in [0.15, 0.2) is 11.1 Å². The molecule has 0 aromatic heterocycles. The number of hydrogen-bond acceptors (Lipinski definition) is 6. The zero-order chi connectivity index (χ0) is 19.7. The average Bonchev–Trinajstić information content (AvgIpc) is 2.61. The van der Waals surface area contributed by atoms with Crippen LogP contribution in [0.2, 0.25) is 0 Å². The molecule has 0 spiro atoms. The second-order valence-corrected chi connectivity index (χ2v) is 10.7. The summed E-state index contributed by atoms with van der Waals surface area (Å²) in [5.41, 5.74) is 1.85. The first kappa shape index (κ1) is 25.6. The molecule has 0 bridgehead atoms. The maximum absolute atomic E-state index is 6.21. The molecule has 25 heavy (non-hydrogen) atoms. The molecule has 0 radical (unpaired) electrons. The lowest BCUT2D eigenvalue weighted by molar-refractivity contribution is -0.132. The van der Waals surface area contributed by atoms with Gasteiger partial charge in [-0.1, -0.05) is 37.9 Å². The smallest absolute Gasteiger partial charge is 0.180 e. The molecule has 152 valence electrons. The second-order valence-electron chi connectivity index (χ2n) is 6.62. The fourth-order valence-electron chi connectivity index (χ4n) is 2.34. The van der Waals surface area contributed by atoms with Gasteiger partial charge in [-0.3, -0.25) is 4.84 Å². The summed E-state index contributed by atoms with van der Waals surface area (Å²) < 4.78 is 22.3. The van der Waals surface area contributed by atoms with Crippen molar-refractivity contribution in [2.45, 2.75) is 75.9 Å². The Hall–Kier alpha value is 0.620.